The van der Waals surface area contributed by atoms with Crippen molar-refractivity contribution in [1.29, 1.82) is 0 Å². The number of benzene rings is 2. The first kappa shape index (κ1) is 17.7. The zero-order valence-corrected chi connectivity index (χ0v) is 14.5. The van der Waals surface area contributed by atoms with E-state index in [1.807, 2.05) is 36.4 Å². The summed E-state index contributed by atoms with van der Waals surface area (Å²) in [6, 6.07) is 15.0. The highest BCUT2D eigenvalue weighted by atomic mass is 16.5. The molecule has 0 fully saturated rings. The van der Waals surface area contributed by atoms with Gasteiger partial charge in [-0.3, -0.25) is 0 Å². The van der Waals surface area contributed by atoms with Gasteiger partial charge in [0.1, 0.15) is 12.6 Å². The van der Waals surface area contributed by atoms with Crippen LogP contribution in [0.5, 0.6) is 0 Å². The monoisotopic (exact) mass is 351 g/mol. The van der Waals surface area contributed by atoms with Gasteiger partial charge in [0.25, 0.3) is 0 Å². The van der Waals surface area contributed by atoms with Crippen molar-refractivity contribution in [1.82, 2.24) is 5.32 Å². The fourth-order valence-corrected chi connectivity index (χ4v) is 3.32. The van der Waals surface area contributed by atoms with E-state index in [-0.39, 0.29) is 12.5 Å². The molecule has 2 aromatic rings. The second-order valence-electron chi connectivity index (χ2n) is 6.38. The average molecular weight is 351 g/mol. The average Bonchev–Trinajstić information content (AvgIpc) is 2.97. The van der Waals surface area contributed by atoms with Crippen molar-refractivity contribution < 1.29 is 19.4 Å². The van der Waals surface area contributed by atoms with Crippen LogP contribution in [0.4, 0.5) is 4.79 Å². The molecule has 0 aliphatic heterocycles. The van der Waals surface area contributed by atoms with Crippen LogP contribution < -0.4 is 5.32 Å². The number of alkyl carbamates (subject to hydrolysis) is 1. The van der Waals surface area contributed by atoms with Crippen LogP contribution >= 0.6 is 0 Å². The number of rotatable bonds is 6. The molecule has 3 rings (SSSR count). The lowest BCUT2D eigenvalue weighted by atomic mass is 9.98. The standard InChI is InChI=1S/C21H21NO4/c1-3-13(2)19(20(23)24)22-21(25)26-12-18-16-10-6-4-8-14(16)15-9-5-7-11-17(15)18/h3-11,13,18-19H,1,12H2,2H3,(H,22,25)(H,23,24)/t13-,19+/m0/s1. The Labute approximate surface area is 152 Å². The van der Waals surface area contributed by atoms with Crippen LogP contribution in [0.15, 0.2) is 61.2 Å². The van der Waals surface area contributed by atoms with E-state index >= 15 is 0 Å². The maximum absolute atomic E-state index is 12.1. The van der Waals surface area contributed by atoms with Gasteiger partial charge in [0.2, 0.25) is 0 Å². The van der Waals surface area contributed by atoms with E-state index in [0.717, 1.165) is 22.3 Å². The molecule has 0 unspecified atom stereocenters. The van der Waals surface area contributed by atoms with Crippen LogP contribution in [0.3, 0.4) is 0 Å². The second kappa shape index (κ2) is 7.44. The number of aliphatic carboxylic acids is 1. The number of carboxylic acid groups (broad SMARTS) is 1. The molecule has 0 saturated carbocycles. The molecule has 2 N–H and O–H groups in total. The summed E-state index contributed by atoms with van der Waals surface area (Å²) < 4.78 is 5.37. The Hall–Kier alpha value is -3.08. The minimum absolute atomic E-state index is 0.0618. The van der Waals surface area contributed by atoms with E-state index in [4.69, 9.17) is 4.74 Å². The number of nitrogens with one attached hydrogen (secondary N) is 1. The van der Waals surface area contributed by atoms with Crippen LogP contribution in [0, 0.1) is 5.92 Å². The van der Waals surface area contributed by atoms with Gasteiger partial charge in [-0.15, -0.1) is 6.58 Å². The Morgan fingerprint density at radius 1 is 1.15 bits per heavy atom. The van der Waals surface area contributed by atoms with Gasteiger partial charge < -0.3 is 15.2 Å². The van der Waals surface area contributed by atoms with Gasteiger partial charge in [0, 0.05) is 11.8 Å². The molecule has 0 aromatic heterocycles. The molecule has 1 aliphatic rings. The molecule has 134 valence electrons. The second-order valence-corrected chi connectivity index (χ2v) is 6.38. The molecule has 0 radical (unpaired) electrons. The maximum Gasteiger partial charge on any atom is 0.407 e. The normalized spacial score (nSPS) is 14.7. The lowest BCUT2D eigenvalue weighted by molar-refractivity contribution is -0.140. The minimum atomic E-state index is -1.12. The first-order chi connectivity index (χ1) is 12.5. The highest BCUT2D eigenvalue weighted by molar-refractivity contribution is 5.81. The van der Waals surface area contributed by atoms with Crippen LogP contribution in [0.1, 0.15) is 24.0 Å². The SMILES string of the molecule is C=C[C@H](C)[C@@H](NC(=O)OCC1c2ccccc2-c2ccccc21)C(=O)O. The molecule has 1 amide bonds. The zero-order valence-electron chi connectivity index (χ0n) is 14.5. The van der Waals surface area contributed by atoms with E-state index < -0.39 is 24.0 Å². The van der Waals surface area contributed by atoms with Crippen molar-refractivity contribution in [2.75, 3.05) is 6.61 Å². The third-order valence-electron chi connectivity index (χ3n) is 4.78. The molecule has 0 spiro atoms. The molecule has 2 atom stereocenters. The Bertz CT molecular complexity index is 800. The summed E-state index contributed by atoms with van der Waals surface area (Å²) in [6.45, 7) is 5.40. The van der Waals surface area contributed by atoms with Gasteiger partial charge in [0.15, 0.2) is 0 Å². The number of hydrogen-bond acceptors (Lipinski definition) is 3. The molecule has 26 heavy (non-hydrogen) atoms. The molecule has 1 aliphatic carbocycles. The molecule has 5 heteroatoms. The Morgan fingerprint density at radius 2 is 1.69 bits per heavy atom. The molecule has 0 heterocycles. The third kappa shape index (κ3) is 3.33. The first-order valence-electron chi connectivity index (χ1n) is 8.49. The highest BCUT2D eigenvalue weighted by Gasteiger charge is 2.30. The number of carbonyl (C=O) groups excluding carboxylic acids is 1. The van der Waals surface area contributed by atoms with E-state index in [1.54, 1.807) is 6.92 Å². The van der Waals surface area contributed by atoms with Crippen molar-refractivity contribution in [3.8, 4) is 11.1 Å². The highest BCUT2D eigenvalue weighted by Crippen LogP contribution is 2.44. The molecule has 0 bridgehead atoms. The van der Waals surface area contributed by atoms with Crippen LogP contribution in [0.2, 0.25) is 0 Å². The number of ether oxygens (including phenoxy) is 1. The van der Waals surface area contributed by atoms with Gasteiger partial charge in [-0.25, -0.2) is 9.59 Å². The lowest BCUT2D eigenvalue weighted by Crippen LogP contribution is -2.45. The minimum Gasteiger partial charge on any atom is -0.480 e. The summed E-state index contributed by atoms with van der Waals surface area (Å²) in [5, 5.41) is 11.7. The lowest BCUT2D eigenvalue weighted by Gasteiger charge is -2.19. The summed E-state index contributed by atoms with van der Waals surface area (Å²) in [6.07, 6.45) is 0.746. The van der Waals surface area contributed by atoms with Crippen molar-refractivity contribution >= 4 is 12.1 Å². The van der Waals surface area contributed by atoms with Gasteiger partial charge >= 0.3 is 12.1 Å². The van der Waals surface area contributed by atoms with Crippen LogP contribution in [-0.4, -0.2) is 29.8 Å². The van der Waals surface area contributed by atoms with Gasteiger partial charge in [-0.05, 0) is 22.3 Å². The zero-order chi connectivity index (χ0) is 18.7. The molecule has 2 aromatic carbocycles. The Balaban J connectivity index is 1.73. The molecule has 5 nitrogen and oxygen atoms in total. The summed E-state index contributed by atoms with van der Waals surface area (Å²) in [5.41, 5.74) is 4.49. The quantitative estimate of drug-likeness (QED) is 0.776. The smallest absolute Gasteiger partial charge is 0.407 e. The molecule has 0 saturated heterocycles. The van der Waals surface area contributed by atoms with E-state index in [0.29, 0.717) is 0 Å². The fraction of sp³-hybridized carbons (Fsp3) is 0.238. The van der Waals surface area contributed by atoms with Crippen LogP contribution in [-0.2, 0) is 9.53 Å². The van der Waals surface area contributed by atoms with Crippen LogP contribution in [0.25, 0.3) is 11.1 Å². The largest absolute Gasteiger partial charge is 0.480 e. The van der Waals surface area contributed by atoms with Crippen molar-refractivity contribution in [2.45, 2.75) is 18.9 Å². The van der Waals surface area contributed by atoms with E-state index in [2.05, 4.69) is 24.0 Å². The number of carboxylic acids is 1. The molecular formula is C21H21NO4. The predicted molar refractivity (Wildman–Crippen MR) is 99.0 cm³/mol. The van der Waals surface area contributed by atoms with Gasteiger partial charge in [-0.2, -0.15) is 0 Å². The number of fused-ring (bicyclic) bond motifs is 3. The predicted octanol–water partition coefficient (Wildman–Crippen LogP) is 3.80. The van der Waals surface area contributed by atoms with E-state index in [1.165, 1.54) is 6.08 Å². The Morgan fingerprint density at radius 3 is 2.19 bits per heavy atom. The Kier molecular flexibility index (Phi) is 5.07. The summed E-state index contributed by atoms with van der Waals surface area (Å²) in [7, 11) is 0. The topological polar surface area (TPSA) is 75.6 Å². The van der Waals surface area contributed by atoms with E-state index in [9.17, 15) is 14.7 Å². The number of carbonyl (C=O) groups is 2. The van der Waals surface area contributed by atoms with Crippen molar-refractivity contribution in [3.05, 3.63) is 72.3 Å². The molecular weight excluding hydrogens is 330 g/mol. The third-order valence-corrected chi connectivity index (χ3v) is 4.78. The first-order valence-corrected chi connectivity index (χ1v) is 8.49. The van der Waals surface area contributed by atoms with Crippen molar-refractivity contribution in [2.24, 2.45) is 5.92 Å². The van der Waals surface area contributed by atoms with Crippen molar-refractivity contribution in [3.63, 3.8) is 0 Å². The summed E-state index contributed by atoms with van der Waals surface area (Å²) in [5.74, 6) is -1.59. The summed E-state index contributed by atoms with van der Waals surface area (Å²) >= 11 is 0. The number of amides is 1. The fourth-order valence-electron chi connectivity index (χ4n) is 3.32. The van der Waals surface area contributed by atoms with Gasteiger partial charge in [0.05, 0.1) is 0 Å². The number of hydrogen-bond donors (Lipinski definition) is 2. The summed E-state index contributed by atoms with van der Waals surface area (Å²) in [4.78, 5) is 23.4. The maximum atomic E-state index is 12.1. The van der Waals surface area contributed by atoms with Gasteiger partial charge in [-0.1, -0.05) is 61.5 Å².